The topological polar surface area (TPSA) is 58.6 Å². The second-order valence-corrected chi connectivity index (χ2v) is 3.65. The number of hydrogen-bond donors (Lipinski definition) is 2. The van der Waals surface area contributed by atoms with E-state index >= 15 is 0 Å². The van der Waals surface area contributed by atoms with Gasteiger partial charge in [0.05, 0.1) is 12.6 Å². The molecule has 17 heavy (non-hydrogen) atoms. The Morgan fingerprint density at radius 3 is 2.59 bits per heavy atom. The van der Waals surface area contributed by atoms with E-state index in [4.69, 9.17) is 9.84 Å². The second-order valence-electron chi connectivity index (χ2n) is 3.65. The first kappa shape index (κ1) is 13.5. The van der Waals surface area contributed by atoms with Crippen molar-refractivity contribution in [1.82, 2.24) is 5.32 Å². The molecule has 0 aliphatic carbocycles. The van der Waals surface area contributed by atoms with Gasteiger partial charge in [0.2, 0.25) is 5.91 Å². The Labute approximate surface area is 102 Å². The molecule has 0 saturated carbocycles. The Balaban J connectivity index is 0.000000686. The van der Waals surface area contributed by atoms with E-state index in [1.807, 2.05) is 26.0 Å². The highest BCUT2D eigenvalue weighted by Gasteiger charge is 2.18. The molecule has 1 heterocycles. The van der Waals surface area contributed by atoms with Crippen molar-refractivity contribution in [2.24, 2.45) is 0 Å². The molecular formula is C13H19NO3. The number of hydrogen-bond acceptors (Lipinski definition) is 3. The summed E-state index contributed by atoms with van der Waals surface area (Å²) in [6.07, 6.45) is 0.728. The van der Waals surface area contributed by atoms with E-state index in [9.17, 15) is 4.79 Å². The van der Waals surface area contributed by atoms with Gasteiger partial charge in [0.15, 0.2) is 0 Å². The van der Waals surface area contributed by atoms with Crippen molar-refractivity contribution < 1.29 is 14.6 Å². The smallest absolute Gasteiger partial charge is 0.246 e. The summed E-state index contributed by atoms with van der Waals surface area (Å²) >= 11 is 0. The average Bonchev–Trinajstić information content (AvgIpc) is 2.35. The highest BCUT2D eigenvalue weighted by Crippen LogP contribution is 2.12. The fourth-order valence-corrected chi connectivity index (χ4v) is 1.63. The third kappa shape index (κ3) is 4.44. The van der Waals surface area contributed by atoms with Crippen LogP contribution in [-0.2, 0) is 16.0 Å². The Bertz CT molecular complexity index is 348. The van der Waals surface area contributed by atoms with Gasteiger partial charge in [-0.25, -0.2) is 0 Å². The molecule has 1 aromatic carbocycles. The zero-order valence-corrected chi connectivity index (χ0v) is 10.3. The van der Waals surface area contributed by atoms with E-state index in [0.717, 1.165) is 12.0 Å². The summed E-state index contributed by atoms with van der Waals surface area (Å²) in [6.45, 7) is 4.71. The van der Waals surface area contributed by atoms with Crippen LogP contribution in [0.2, 0.25) is 0 Å². The van der Waals surface area contributed by atoms with Crippen LogP contribution in [0.3, 0.4) is 0 Å². The molecule has 2 N–H and O–H groups in total. The Kier molecular flexibility index (Phi) is 5.49. The number of aromatic hydroxyl groups is 1. The van der Waals surface area contributed by atoms with E-state index in [1.165, 1.54) is 0 Å². The summed E-state index contributed by atoms with van der Waals surface area (Å²) < 4.78 is 5.13. The van der Waals surface area contributed by atoms with Crippen LogP contribution >= 0.6 is 0 Å². The maximum absolute atomic E-state index is 11.0. The molecule has 0 bridgehead atoms. The van der Waals surface area contributed by atoms with Gasteiger partial charge in [0.25, 0.3) is 0 Å². The first-order chi connectivity index (χ1) is 8.24. The van der Waals surface area contributed by atoms with Gasteiger partial charge >= 0.3 is 0 Å². The molecule has 94 valence electrons. The van der Waals surface area contributed by atoms with Gasteiger partial charge in [-0.1, -0.05) is 26.0 Å². The van der Waals surface area contributed by atoms with Gasteiger partial charge in [0, 0.05) is 0 Å². The Morgan fingerprint density at radius 2 is 2.00 bits per heavy atom. The third-order valence-electron chi connectivity index (χ3n) is 2.34. The maximum Gasteiger partial charge on any atom is 0.246 e. The predicted molar refractivity (Wildman–Crippen MR) is 65.9 cm³/mol. The molecule has 2 rings (SSSR count). The molecule has 1 saturated heterocycles. The number of phenols is 1. The van der Waals surface area contributed by atoms with Gasteiger partial charge in [-0.2, -0.15) is 0 Å². The lowest BCUT2D eigenvalue weighted by atomic mass is 10.1. The van der Waals surface area contributed by atoms with Crippen LogP contribution in [0.4, 0.5) is 0 Å². The van der Waals surface area contributed by atoms with Crippen molar-refractivity contribution in [3.63, 3.8) is 0 Å². The molecule has 1 fully saturated rings. The lowest BCUT2D eigenvalue weighted by Crippen LogP contribution is -2.46. The average molecular weight is 237 g/mol. The first-order valence-electron chi connectivity index (χ1n) is 5.89. The minimum absolute atomic E-state index is 0.0378. The number of rotatable bonds is 2. The number of ether oxygens (including phenoxy) is 1. The molecule has 1 unspecified atom stereocenters. The quantitative estimate of drug-likeness (QED) is 0.819. The van der Waals surface area contributed by atoms with Gasteiger partial charge in [0.1, 0.15) is 12.4 Å². The number of carbonyl (C=O) groups is 1. The van der Waals surface area contributed by atoms with Crippen molar-refractivity contribution >= 4 is 5.91 Å². The van der Waals surface area contributed by atoms with Crippen molar-refractivity contribution in [3.8, 4) is 5.75 Å². The molecule has 0 radical (unpaired) electrons. The van der Waals surface area contributed by atoms with Crippen LogP contribution < -0.4 is 5.32 Å². The predicted octanol–water partition coefficient (Wildman–Crippen LogP) is 1.48. The van der Waals surface area contributed by atoms with E-state index in [1.54, 1.807) is 12.1 Å². The summed E-state index contributed by atoms with van der Waals surface area (Å²) in [5.41, 5.74) is 1.07. The van der Waals surface area contributed by atoms with Crippen LogP contribution in [0.15, 0.2) is 24.3 Å². The number of phenolic OH excluding ortho intramolecular Hbond substituents is 1. The second kappa shape index (κ2) is 6.91. The molecule has 1 amide bonds. The number of carbonyl (C=O) groups excluding carboxylic acids is 1. The normalized spacial score (nSPS) is 18.9. The number of morpholine rings is 1. The zero-order chi connectivity index (χ0) is 12.7. The molecule has 0 aromatic heterocycles. The van der Waals surface area contributed by atoms with Crippen molar-refractivity contribution in [2.45, 2.75) is 26.3 Å². The van der Waals surface area contributed by atoms with E-state index in [-0.39, 0.29) is 24.3 Å². The minimum Gasteiger partial charge on any atom is -0.508 e. The van der Waals surface area contributed by atoms with Crippen LogP contribution in [0.5, 0.6) is 5.75 Å². The fourth-order valence-electron chi connectivity index (χ4n) is 1.63. The SMILES string of the molecule is CC.O=C1COCC(Cc2ccc(O)cc2)N1. The highest BCUT2D eigenvalue weighted by atomic mass is 16.5. The molecule has 4 nitrogen and oxygen atoms in total. The molecule has 1 atom stereocenters. The summed E-state index contributed by atoms with van der Waals surface area (Å²) in [5, 5.41) is 12.0. The summed E-state index contributed by atoms with van der Waals surface area (Å²) in [4.78, 5) is 11.0. The number of nitrogens with one attached hydrogen (secondary N) is 1. The van der Waals surface area contributed by atoms with E-state index in [0.29, 0.717) is 6.61 Å². The largest absolute Gasteiger partial charge is 0.508 e. The van der Waals surface area contributed by atoms with E-state index in [2.05, 4.69) is 5.32 Å². The van der Waals surface area contributed by atoms with E-state index < -0.39 is 0 Å². The monoisotopic (exact) mass is 237 g/mol. The zero-order valence-electron chi connectivity index (χ0n) is 10.3. The third-order valence-corrected chi connectivity index (χ3v) is 2.34. The summed E-state index contributed by atoms with van der Waals surface area (Å²) in [6, 6.07) is 7.00. The lowest BCUT2D eigenvalue weighted by Gasteiger charge is -2.23. The molecular weight excluding hydrogens is 218 g/mol. The molecule has 1 aliphatic rings. The van der Waals surface area contributed by atoms with Gasteiger partial charge < -0.3 is 15.2 Å². The number of benzene rings is 1. The molecule has 1 aliphatic heterocycles. The molecule has 4 heteroatoms. The van der Waals surface area contributed by atoms with Crippen LogP contribution in [-0.4, -0.2) is 30.3 Å². The molecule has 0 spiro atoms. The van der Waals surface area contributed by atoms with Gasteiger partial charge in [-0.15, -0.1) is 0 Å². The minimum atomic E-state index is -0.0648. The summed E-state index contributed by atoms with van der Waals surface area (Å²) in [5.74, 6) is 0.188. The maximum atomic E-state index is 11.0. The van der Waals surface area contributed by atoms with Gasteiger partial charge in [-0.3, -0.25) is 4.79 Å². The number of amides is 1. The van der Waals surface area contributed by atoms with Crippen LogP contribution in [0.25, 0.3) is 0 Å². The van der Waals surface area contributed by atoms with Gasteiger partial charge in [-0.05, 0) is 24.1 Å². The van der Waals surface area contributed by atoms with Crippen molar-refractivity contribution in [1.29, 1.82) is 0 Å². The van der Waals surface area contributed by atoms with Crippen molar-refractivity contribution in [3.05, 3.63) is 29.8 Å². The Hall–Kier alpha value is -1.55. The Morgan fingerprint density at radius 1 is 1.35 bits per heavy atom. The van der Waals surface area contributed by atoms with Crippen molar-refractivity contribution in [2.75, 3.05) is 13.2 Å². The first-order valence-corrected chi connectivity index (χ1v) is 5.89. The lowest BCUT2D eigenvalue weighted by molar-refractivity contribution is -0.131. The summed E-state index contributed by atoms with van der Waals surface area (Å²) in [7, 11) is 0. The highest BCUT2D eigenvalue weighted by molar-refractivity contribution is 5.78. The standard InChI is InChI=1S/C11H13NO3.C2H6/c13-10-3-1-8(2-4-10)5-9-6-15-7-11(14)12-9;1-2/h1-4,9,13H,5-7H2,(H,12,14);1-2H3. The fraction of sp³-hybridized carbons (Fsp3) is 0.462. The van der Waals surface area contributed by atoms with Crippen LogP contribution in [0, 0.1) is 0 Å². The molecule has 1 aromatic rings. The van der Waals surface area contributed by atoms with Crippen LogP contribution in [0.1, 0.15) is 19.4 Å².